The number of thiophene rings is 1. The lowest BCUT2D eigenvalue weighted by Crippen LogP contribution is -2.26. The average molecular weight is 320 g/mol. The van der Waals surface area contributed by atoms with Gasteiger partial charge in [-0.15, -0.1) is 11.3 Å². The van der Waals surface area contributed by atoms with E-state index in [1.807, 2.05) is 26.0 Å². The van der Waals surface area contributed by atoms with Crippen LogP contribution < -0.4 is 5.32 Å². The van der Waals surface area contributed by atoms with Crippen LogP contribution in [0.25, 0.3) is 0 Å². The standard InChI is InChI=1S/C12H18BrNO2S/c1-9(2)16-7-3-6-14-12(15)8-10-4-5-11(13)17-10/h4-5,9H,3,6-8H2,1-2H3,(H,14,15). The van der Waals surface area contributed by atoms with Crippen molar-refractivity contribution in [3.8, 4) is 0 Å². The van der Waals surface area contributed by atoms with E-state index in [0.717, 1.165) is 15.1 Å². The molecule has 0 atom stereocenters. The van der Waals surface area contributed by atoms with Crippen LogP contribution in [-0.2, 0) is 16.0 Å². The van der Waals surface area contributed by atoms with E-state index in [1.54, 1.807) is 11.3 Å². The summed E-state index contributed by atoms with van der Waals surface area (Å²) in [6.07, 6.45) is 1.58. The van der Waals surface area contributed by atoms with Crippen molar-refractivity contribution in [2.45, 2.75) is 32.8 Å². The summed E-state index contributed by atoms with van der Waals surface area (Å²) < 4.78 is 6.45. The molecule has 0 aliphatic heterocycles. The van der Waals surface area contributed by atoms with E-state index in [0.29, 0.717) is 19.6 Å². The number of carbonyl (C=O) groups excluding carboxylic acids is 1. The fourth-order valence-corrected chi connectivity index (χ4v) is 2.77. The highest BCUT2D eigenvalue weighted by molar-refractivity contribution is 9.11. The van der Waals surface area contributed by atoms with E-state index in [1.165, 1.54) is 0 Å². The van der Waals surface area contributed by atoms with Gasteiger partial charge < -0.3 is 10.1 Å². The van der Waals surface area contributed by atoms with Gasteiger partial charge in [0, 0.05) is 18.0 Å². The number of hydrogen-bond donors (Lipinski definition) is 1. The maximum Gasteiger partial charge on any atom is 0.225 e. The zero-order valence-corrected chi connectivity index (χ0v) is 12.6. The summed E-state index contributed by atoms with van der Waals surface area (Å²) in [4.78, 5) is 12.6. The smallest absolute Gasteiger partial charge is 0.225 e. The lowest BCUT2D eigenvalue weighted by atomic mass is 10.3. The van der Waals surface area contributed by atoms with Gasteiger partial charge in [0.25, 0.3) is 0 Å². The third-order valence-corrected chi connectivity index (χ3v) is 3.68. The molecule has 3 nitrogen and oxygen atoms in total. The highest BCUT2D eigenvalue weighted by atomic mass is 79.9. The Morgan fingerprint density at radius 1 is 1.53 bits per heavy atom. The van der Waals surface area contributed by atoms with Gasteiger partial charge in [0.15, 0.2) is 0 Å². The maximum absolute atomic E-state index is 11.6. The van der Waals surface area contributed by atoms with Gasteiger partial charge in [0.1, 0.15) is 0 Å². The average Bonchev–Trinajstić information content (AvgIpc) is 2.63. The lowest BCUT2D eigenvalue weighted by molar-refractivity contribution is -0.120. The molecule has 0 spiro atoms. The van der Waals surface area contributed by atoms with Gasteiger partial charge >= 0.3 is 0 Å². The van der Waals surface area contributed by atoms with Crippen LogP contribution in [0.3, 0.4) is 0 Å². The van der Waals surface area contributed by atoms with Gasteiger partial charge in [0.05, 0.1) is 16.3 Å². The molecule has 1 rings (SSSR count). The van der Waals surface area contributed by atoms with E-state index in [2.05, 4.69) is 21.2 Å². The first-order valence-electron chi connectivity index (χ1n) is 5.70. The van der Waals surface area contributed by atoms with Gasteiger partial charge in [0.2, 0.25) is 5.91 Å². The third-order valence-electron chi connectivity index (χ3n) is 2.06. The van der Waals surface area contributed by atoms with Gasteiger partial charge in [-0.1, -0.05) is 0 Å². The van der Waals surface area contributed by atoms with Crippen molar-refractivity contribution < 1.29 is 9.53 Å². The van der Waals surface area contributed by atoms with Crippen LogP contribution >= 0.6 is 27.3 Å². The minimum absolute atomic E-state index is 0.0731. The molecule has 0 bridgehead atoms. The maximum atomic E-state index is 11.6. The molecule has 0 fully saturated rings. The van der Waals surface area contributed by atoms with E-state index < -0.39 is 0 Å². The van der Waals surface area contributed by atoms with Crippen LogP contribution in [0, 0.1) is 0 Å². The molecule has 1 N–H and O–H groups in total. The van der Waals surface area contributed by atoms with Crippen LogP contribution in [0.1, 0.15) is 25.1 Å². The molecule has 0 saturated heterocycles. The topological polar surface area (TPSA) is 38.3 Å². The Labute approximate surface area is 115 Å². The van der Waals surface area contributed by atoms with E-state index in [4.69, 9.17) is 4.74 Å². The SMILES string of the molecule is CC(C)OCCCNC(=O)Cc1ccc(Br)s1. The molecule has 17 heavy (non-hydrogen) atoms. The molecular formula is C12H18BrNO2S. The van der Waals surface area contributed by atoms with Gasteiger partial charge in [-0.3, -0.25) is 4.79 Å². The number of amides is 1. The van der Waals surface area contributed by atoms with Crippen molar-refractivity contribution in [1.82, 2.24) is 5.32 Å². The van der Waals surface area contributed by atoms with Crippen LogP contribution in [0.4, 0.5) is 0 Å². The first-order valence-corrected chi connectivity index (χ1v) is 7.31. The number of carbonyl (C=O) groups is 1. The molecule has 5 heteroatoms. The molecule has 96 valence electrons. The Balaban J connectivity index is 2.09. The van der Waals surface area contributed by atoms with Gasteiger partial charge in [-0.05, 0) is 48.3 Å². The Morgan fingerprint density at radius 2 is 2.29 bits per heavy atom. The Bertz CT molecular complexity index is 352. The number of halogens is 1. The highest BCUT2D eigenvalue weighted by Crippen LogP contribution is 2.22. The van der Waals surface area contributed by atoms with Crippen molar-refractivity contribution in [2.75, 3.05) is 13.2 Å². The van der Waals surface area contributed by atoms with Gasteiger partial charge in [-0.2, -0.15) is 0 Å². The van der Waals surface area contributed by atoms with Crippen molar-refractivity contribution in [2.24, 2.45) is 0 Å². The summed E-state index contributed by atoms with van der Waals surface area (Å²) in [6.45, 7) is 5.39. The van der Waals surface area contributed by atoms with Crippen LogP contribution in [0.2, 0.25) is 0 Å². The number of ether oxygens (including phenoxy) is 1. The van der Waals surface area contributed by atoms with Crippen LogP contribution in [0.15, 0.2) is 15.9 Å². The van der Waals surface area contributed by atoms with Crippen molar-refractivity contribution in [3.05, 3.63) is 20.8 Å². The van der Waals surface area contributed by atoms with Crippen molar-refractivity contribution in [1.29, 1.82) is 0 Å². The molecule has 1 amide bonds. The monoisotopic (exact) mass is 319 g/mol. The predicted octanol–water partition coefficient (Wildman–Crippen LogP) is 2.98. The zero-order valence-electron chi connectivity index (χ0n) is 10.2. The Kier molecular flexibility index (Phi) is 6.77. The van der Waals surface area contributed by atoms with Crippen molar-refractivity contribution in [3.63, 3.8) is 0 Å². The largest absolute Gasteiger partial charge is 0.379 e. The second kappa shape index (κ2) is 7.84. The quantitative estimate of drug-likeness (QED) is 0.785. The fraction of sp³-hybridized carbons (Fsp3) is 0.583. The van der Waals surface area contributed by atoms with E-state index in [9.17, 15) is 4.79 Å². The molecule has 0 saturated carbocycles. The van der Waals surface area contributed by atoms with Gasteiger partial charge in [-0.25, -0.2) is 0 Å². The first kappa shape index (κ1) is 14.7. The normalized spacial score (nSPS) is 10.8. The molecule has 0 aromatic carbocycles. The molecule has 0 radical (unpaired) electrons. The molecule has 1 aromatic rings. The van der Waals surface area contributed by atoms with Crippen molar-refractivity contribution >= 4 is 33.2 Å². The molecule has 1 heterocycles. The summed E-state index contributed by atoms with van der Waals surface area (Å²) in [5, 5.41) is 2.89. The summed E-state index contributed by atoms with van der Waals surface area (Å²) in [6, 6.07) is 3.93. The van der Waals surface area contributed by atoms with Crippen LogP contribution in [0.5, 0.6) is 0 Å². The number of hydrogen-bond acceptors (Lipinski definition) is 3. The minimum atomic E-state index is 0.0731. The van der Waals surface area contributed by atoms with E-state index in [-0.39, 0.29) is 12.0 Å². The Morgan fingerprint density at radius 3 is 2.88 bits per heavy atom. The lowest BCUT2D eigenvalue weighted by Gasteiger charge is -2.07. The molecule has 1 aromatic heterocycles. The summed E-state index contributed by atoms with van der Waals surface area (Å²) in [5.41, 5.74) is 0. The summed E-state index contributed by atoms with van der Waals surface area (Å²) >= 11 is 4.97. The third kappa shape index (κ3) is 6.81. The van der Waals surface area contributed by atoms with E-state index >= 15 is 0 Å². The molecular weight excluding hydrogens is 302 g/mol. The highest BCUT2D eigenvalue weighted by Gasteiger charge is 2.05. The van der Waals surface area contributed by atoms with Crippen LogP contribution in [-0.4, -0.2) is 25.2 Å². The fourth-order valence-electron chi connectivity index (χ4n) is 1.29. The second-order valence-corrected chi connectivity index (χ2v) is 6.55. The molecule has 0 unspecified atom stereocenters. The summed E-state index contributed by atoms with van der Waals surface area (Å²) in [7, 11) is 0. The number of nitrogens with one attached hydrogen (secondary N) is 1. The molecule has 0 aliphatic carbocycles. The Hall–Kier alpha value is -0.390. The zero-order chi connectivity index (χ0) is 12.7. The second-order valence-electron chi connectivity index (χ2n) is 4.01. The molecule has 0 aliphatic rings. The summed E-state index contributed by atoms with van der Waals surface area (Å²) in [5.74, 6) is 0.0731. The first-order chi connectivity index (χ1) is 8.08. The predicted molar refractivity (Wildman–Crippen MR) is 74.4 cm³/mol. The minimum Gasteiger partial charge on any atom is -0.379 e. The number of rotatable bonds is 7.